The predicted molar refractivity (Wildman–Crippen MR) is 111 cm³/mol. The fraction of sp³-hybridized carbons (Fsp3) is 0.300. The molecule has 0 saturated heterocycles. The highest BCUT2D eigenvalue weighted by Crippen LogP contribution is 2.34. The molecule has 0 aliphatic rings. The molecule has 0 aliphatic heterocycles. The number of carbonyl (C=O) groups excluding carboxylic acids is 1. The zero-order chi connectivity index (χ0) is 20.4. The van der Waals surface area contributed by atoms with Crippen LogP contribution in [0.5, 0.6) is 5.75 Å². The van der Waals surface area contributed by atoms with Crippen molar-refractivity contribution in [3.05, 3.63) is 45.4 Å². The summed E-state index contributed by atoms with van der Waals surface area (Å²) in [6.45, 7) is 5.39. The van der Waals surface area contributed by atoms with Crippen LogP contribution < -0.4 is 4.74 Å². The van der Waals surface area contributed by atoms with Crippen LogP contribution in [0.3, 0.4) is 0 Å². The van der Waals surface area contributed by atoms with E-state index in [1.54, 1.807) is 26.2 Å². The summed E-state index contributed by atoms with van der Waals surface area (Å²) in [4.78, 5) is 34.0. The van der Waals surface area contributed by atoms with Gasteiger partial charge in [0.05, 0.1) is 29.2 Å². The van der Waals surface area contributed by atoms with Crippen LogP contribution >= 0.6 is 23.1 Å². The number of rotatable bonds is 7. The van der Waals surface area contributed by atoms with Crippen molar-refractivity contribution in [1.29, 1.82) is 0 Å². The molecule has 3 rings (SSSR count). The van der Waals surface area contributed by atoms with Gasteiger partial charge in [0.15, 0.2) is 5.78 Å². The Morgan fingerprint density at radius 2 is 1.96 bits per heavy atom. The number of thioether (sulfide) groups is 1. The topological polar surface area (TPSA) is 89.4 Å². The van der Waals surface area contributed by atoms with Crippen LogP contribution in [0.4, 0.5) is 0 Å². The maximum absolute atomic E-state index is 12.6. The molecule has 146 valence electrons. The van der Waals surface area contributed by atoms with E-state index in [1.165, 1.54) is 23.1 Å². The van der Waals surface area contributed by atoms with Crippen molar-refractivity contribution in [2.75, 3.05) is 12.9 Å². The fourth-order valence-electron chi connectivity index (χ4n) is 2.83. The smallest absolute Gasteiger partial charge is 0.311 e. The number of nitrogens with zero attached hydrogens (tertiary/aromatic N) is 2. The van der Waals surface area contributed by atoms with Gasteiger partial charge in [-0.1, -0.05) is 11.8 Å². The molecule has 0 bridgehead atoms. The summed E-state index contributed by atoms with van der Waals surface area (Å²) >= 11 is 2.59. The Morgan fingerprint density at radius 3 is 2.64 bits per heavy atom. The van der Waals surface area contributed by atoms with E-state index in [9.17, 15) is 9.59 Å². The van der Waals surface area contributed by atoms with Gasteiger partial charge in [-0.15, -0.1) is 11.3 Å². The number of carboxylic acids is 1. The Balaban J connectivity index is 1.85. The molecule has 0 fully saturated rings. The summed E-state index contributed by atoms with van der Waals surface area (Å²) in [7, 11) is 1.62. The highest BCUT2D eigenvalue weighted by Gasteiger charge is 2.19. The molecule has 2 heterocycles. The van der Waals surface area contributed by atoms with Crippen LogP contribution in [0.2, 0.25) is 0 Å². The normalized spacial score (nSPS) is 12.1. The average molecular weight is 417 g/mol. The lowest BCUT2D eigenvalue weighted by Crippen LogP contribution is -2.05. The second-order valence-corrected chi connectivity index (χ2v) is 8.42. The number of carbonyl (C=O) groups is 2. The summed E-state index contributed by atoms with van der Waals surface area (Å²) < 4.78 is 5.40. The first-order valence-electron chi connectivity index (χ1n) is 8.62. The number of thiophene rings is 1. The van der Waals surface area contributed by atoms with E-state index < -0.39 is 11.9 Å². The molecule has 1 aromatic carbocycles. The quantitative estimate of drug-likeness (QED) is 0.345. The molecule has 2 aromatic heterocycles. The van der Waals surface area contributed by atoms with Gasteiger partial charge in [0.1, 0.15) is 16.6 Å². The Labute approximate surface area is 171 Å². The van der Waals surface area contributed by atoms with Crippen LogP contribution in [-0.2, 0) is 4.79 Å². The van der Waals surface area contributed by atoms with Gasteiger partial charge in [-0.3, -0.25) is 9.59 Å². The van der Waals surface area contributed by atoms with Gasteiger partial charge < -0.3 is 9.84 Å². The number of carboxylic acid groups (broad SMARTS) is 1. The number of fused-ring (bicyclic) bond motifs is 1. The van der Waals surface area contributed by atoms with Crippen LogP contribution in [-0.4, -0.2) is 39.7 Å². The number of aliphatic carboxylic acids is 1. The van der Waals surface area contributed by atoms with Crippen molar-refractivity contribution in [3.63, 3.8) is 0 Å². The second kappa shape index (κ2) is 8.28. The van der Waals surface area contributed by atoms with E-state index in [4.69, 9.17) is 9.84 Å². The third-order valence-corrected chi connectivity index (χ3v) is 6.70. The molecule has 0 saturated carbocycles. The minimum absolute atomic E-state index is 0.0520. The van der Waals surface area contributed by atoms with Crippen LogP contribution in [0.25, 0.3) is 10.9 Å². The number of hydrogen-bond acceptors (Lipinski definition) is 7. The van der Waals surface area contributed by atoms with Gasteiger partial charge in [-0.25, -0.2) is 9.97 Å². The maximum atomic E-state index is 12.6. The maximum Gasteiger partial charge on any atom is 0.311 e. The molecule has 1 N–H and O–H groups in total. The first-order chi connectivity index (χ1) is 13.3. The summed E-state index contributed by atoms with van der Waals surface area (Å²) in [5.41, 5.74) is 1.75. The van der Waals surface area contributed by atoms with Gasteiger partial charge in [-0.05, 0) is 45.0 Å². The van der Waals surface area contributed by atoms with Crippen molar-refractivity contribution in [2.45, 2.75) is 31.7 Å². The zero-order valence-electron chi connectivity index (χ0n) is 16.0. The largest absolute Gasteiger partial charge is 0.496 e. The monoisotopic (exact) mass is 416 g/mol. The number of methoxy groups -OCH3 is 1. The highest BCUT2D eigenvalue weighted by atomic mass is 32.2. The number of benzene rings is 1. The Bertz CT molecular complexity index is 1060. The van der Waals surface area contributed by atoms with E-state index in [-0.39, 0.29) is 11.5 Å². The van der Waals surface area contributed by atoms with Gasteiger partial charge in [0, 0.05) is 15.8 Å². The SMILES string of the molecule is COc1ccc2nc(C)nc(SCC(=O)c3ccc(C(C)C(=O)O)s3)c2c1C. The van der Waals surface area contributed by atoms with E-state index in [1.807, 2.05) is 26.0 Å². The molecular weight excluding hydrogens is 396 g/mol. The van der Waals surface area contributed by atoms with Crippen molar-refractivity contribution in [3.8, 4) is 5.75 Å². The molecular formula is C20H20N2O4S2. The Kier molecular flexibility index (Phi) is 6.00. The van der Waals surface area contributed by atoms with Crippen molar-refractivity contribution in [2.24, 2.45) is 0 Å². The molecule has 0 radical (unpaired) electrons. The summed E-state index contributed by atoms with van der Waals surface area (Å²) in [5.74, 6) is 0.0254. The molecule has 0 amide bonds. The number of aromatic nitrogens is 2. The van der Waals surface area contributed by atoms with Gasteiger partial charge in [0.25, 0.3) is 0 Å². The molecule has 1 unspecified atom stereocenters. The number of Topliss-reactive ketones (excluding diaryl/α,β-unsaturated/α-hetero) is 1. The van der Waals surface area contributed by atoms with E-state index in [2.05, 4.69) is 9.97 Å². The summed E-state index contributed by atoms with van der Waals surface area (Å²) in [6, 6.07) is 7.17. The van der Waals surface area contributed by atoms with E-state index in [0.29, 0.717) is 15.6 Å². The molecule has 28 heavy (non-hydrogen) atoms. The van der Waals surface area contributed by atoms with Crippen LogP contribution in [0.1, 0.15) is 38.8 Å². The van der Waals surface area contributed by atoms with Crippen molar-refractivity contribution < 1.29 is 19.4 Å². The fourth-order valence-corrected chi connectivity index (χ4v) is 4.93. The van der Waals surface area contributed by atoms with Gasteiger partial charge >= 0.3 is 5.97 Å². The van der Waals surface area contributed by atoms with Crippen LogP contribution in [0, 0.1) is 13.8 Å². The van der Waals surface area contributed by atoms with Crippen LogP contribution in [0.15, 0.2) is 29.3 Å². The molecule has 3 aromatic rings. The average Bonchev–Trinajstić information content (AvgIpc) is 3.15. The minimum atomic E-state index is -0.900. The third kappa shape index (κ3) is 4.02. The molecule has 8 heteroatoms. The predicted octanol–water partition coefficient (Wildman–Crippen LogP) is 4.48. The second-order valence-electron chi connectivity index (χ2n) is 6.34. The Morgan fingerprint density at radius 1 is 1.21 bits per heavy atom. The summed E-state index contributed by atoms with van der Waals surface area (Å²) in [5, 5.41) is 10.7. The molecule has 6 nitrogen and oxygen atoms in total. The van der Waals surface area contributed by atoms with Crippen molar-refractivity contribution in [1.82, 2.24) is 9.97 Å². The number of ketones is 1. The van der Waals surface area contributed by atoms with E-state index >= 15 is 0 Å². The molecule has 0 aliphatic carbocycles. The Hall–Kier alpha value is -2.45. The number of aryl methyl sites for hydroxylation is 2. The first-order valence-corrected chi connectivity index (χ1v) is 10.4. The number of hydrogen-bond donors (Lipinski definition) is 1. The molecule has 0 spiro atoms. The molecule has 1 atom stereocenters. The third-order valence-electron chi connectivity index (χ3n) is 4.41. The lowest BCUT2D eigenvalue weighted by atomic mass is 10.1. The lowest BCUT2D eigenvalue weighted by molar-refractivity contribution is -0.138. The minimum Gasteiger partial charge on any atom is -0.496 e. The van der Waals surface area contributed by atoms with E-state index in [0.717, 1.165) is 27.2 Å². The first kappa shape index (κ1) is 20.3. The summed E-state index contributed by atoms with van der Waals surface area (Å²) in [6.07, 6.45) is 0. The van der Waals surface area contributed by atoms with Gasteiger partial charge in [-0.2, -0.15) is 0 Å². The zero-order valence-corrected chi connectivity index (χ0v) is 17.6. The lowest BCUT2D eigenvalue weighted by Gasteiger charge is -2.11. The van der Waals surface area contributed by atoms with Crippen molar-refractivity contribution >= 4 is 45.8 Å². The van der Waals surface area contributed by atoms with Gasteiger partial charge in [0.2, 0.25) is 0 Å². The standard InChI is InChI=1S/C20H20N2O4S2/c1-10-15(26-4)6-5-13-18(10)19(22-12(3)21-13)27-9-14(23)17-8-7-16(28-17)11(2)20(24)25/h5-8,11H,9H2,1-4H3,(H,24,25). The number of ether oxygens (including phenoxy) is 1. The highest BCUT2D eigenvalue weighted by molar-refractivity contribution is 8.00.